The lowest BCUT2D eigenvalue weighted by atomic mass is 10.1. The number of hydrogen-bond acceptors (Lipinski definition) is 3. The van der Waals surface area contributed by atoms with Gasteiger partial charge in [-0.25, -0.2) is 4.79 Å². The Labute approximate surface area is 131 Å². The lowest BCUT2D eigenvalue weighted by molar-refractivity contribution is -0.141. The highest BCUT2D eigenvalue weighted by Gasteiger charge is 2.34. The van der Waals surface area contributed by atoms with E-state index < -0.39 is 12.0 Å². The van der Waals surface area contributed by atoms with Gasteiger partial charge in [-0.2, -0.15) is 0 Å². The maximum atomic E-state index is 12.5. The zero-order chi connectivity index (χ0) is 16.1. The van der Waals surface area contributed by atoms with Gasteiger partial charge in [0.05, 0.1) is 0 Å². The van der Waals surface area contributed by atoms with Crippen LogP contribution in [0.15, 0.2) is 24.3 Å². The Hall–Kier alpha value is -2.04. The first-order valence-electron chi connectivity index (χ1n) is 7.89. The van der Waals surface area contributed by atoms with Gasteiger partial charge in [-0.05, 0) is 43.5 Å². The summed E-state index contributed by atoms with van der Waals surface area (Å²) >= 11 is 0. The molecule has 1 aliphatic rings. The SMILES string of the molecule is CCCCN(C)c1ccc(C(=O)N2CCC[C@H]2C(=O)O)cc1. The van der Waals surface area contributed by atoms with Crippen LogP contribution >= 0.6 is 0 Å². The minimum absolute atomic E-state index is 0.187. The average Bonchev–Trinajstić information content (AvgIpc) is 3.02. The standard InChI is InChI=1S/C17H24N2O3/c1-3-4-11-18(2)14-9-7-13(8-10-14)16(20)19-12-5-6-15(19)17(21)22/h7-10,15H,3-6,11-12H2,1-2H3,(H,21,22)/t15-/m0/s1. The van der Waals surface area contributed by atoms with Gasteiger partial charge in [-0.3, -0.25) is 4.79 Å². The molecule has 5 heteroatoms. The molecule has 1 atom stereocenters. The molecule has 1 amide bonds. The number of carbonyl (C=O) groups is 2. The van der Waals surface area contributed by atoms with Crippen molar-refractivity contribution < 1.29 is 14.7 Å². The second kappa shape index (κ2) is 7.29. The predicted molar refractivity (Wildman–Crippen MR) is 86.3 cm³/mol. The molecule has 0 saturated carbocycles. The van der Waals surface area contributed by atoms with Gasteiger partial charge >= 0.3 is 5.97 Å². The minimum Gasteiger partial charge on any atom is -0.480 e. The lowest BCUT2D eigenvalue weighted by Gasteiger charge is -2.22. The summed E-state index contributed by atoms with van der Waals surface area (Å²) in [7, 11) is 2.04. The fourth-order valence-electron chi connectivity index (χ4n) is 2.82. The summed E-state index contributed by atoms with van der Waals surface area (Å²) in [6.45, 7) is 3.66. The van der Waals surface area contributed by atoms with E-state index in [-0.39, 0.29) is 5.91 Å². The van der Waals surface area contributed by atoms with Gasteiger partial charge in [-0.15, -0.1) is 0 Å². The summed E-state index contributed by atoms with van der Waals surface area (Å²) in [5, 5.41) is 9.18. The van der Waals surface area contributed by atoms with E-state index in [1.165, 1.54) is 4.90 Å². The third-order valence-corrected chi connectivity index (χ3v) is 4.20. The molecule has 22 heavy (non-hydrogen) atoms. The Balaban J connectivity index is 2.06. The van der Waals surface area contributed by atoms with E-state index in [1.54, 1.807) is 12.1 Å². The molecule has 2 rings (SSSR count). The Morgan fingerprint density at radius 2 is 2.00 bits per heavy atom. The van der Waals surface area contributed by atoms with E-state index in [0.717, 1.165) is 31.5 Å². The molecule has 0 aromatic heterocycles. The van der Waals surface area contributed by atoms with Crippen LogP contribution in [-0.4, -0.2) is 48.1 Å². The molecule has 1 heterocycles. The highest BCUT2D eigenvalue weighted by atomic mass is 16.4. The first kappa shape index (κ1) is 16.3. The van der Waals surface area contributed by atoms with Crippen molar-refractivity contribution >= 4 is 17.6 Å². The van der Waals surface area contributed by atoms with E-state index in [2.05, 4.69) is 11.8 Å². The third kappa shape index (κ3) is 3.59. The number of carbonyl (C=O) groups excluding carboxylic acids is 1. The van der Waals surface area contributed by atoms with Gasteiger partial charge in [0.2, 0.25) is 0 Å². The van der Waals surface area contributed by atoms with Crippen LogP contribution in [-0.2, 0) is 4.79 Å². The number of carboxylic acids is 1. The largest absolute Gasteiger partial charge is 0.480 e. The summed E-state index contributed by atoms with van der Waals surface area (Å²) < 4.78 is 0. The van der Waals surface area contributed by atoms with Crippen molar-refractivity contribution in [3.63, 3.8) is 0 Å². The number of aliphatic carboxylic acids is 1. The number of rotatable bonds is 6. The first-order valence-corrected chi connectivity index (χ1v) is 7.89. The Morgan fingerprint density at radius 1 is 1.32 bits per heavy atom. The van der Waals surface area contributed by atoms with E-state index in [1.807, 2.05) is 19.2 Å². The fraction of sp³-hybridized carbons (Fsp3) is 0.529. The van der Waals surface area contributed by atoms with Gasteiger partial charge in [0.25, 0.3) is 5.91 Å². The molecule has 1 saturated heterocycles. The molecular weight excluding hydrogens is 280 g/mol. The summed E-state index contributed by atoms with van der Waals surface area (Å²) in [6, 6.07) is 6.75. The van der Waals surface area contributed by atoms with Gasteiger partial charge < -0.3 is 14.9 Å². The highest BCUT2D eigenvalue weighted by Crippen LogP contribution is 2.22. The molecule has 0 bridgehead atoms. The van der Waals surface area contributed by atoms with Crippen molar-refractivity contribution in [3.05, 3.63) is 29.8 Å². The second-order valence-corrected chi connectivity index (χ2v) is 5.82. The van der Waals surface area contributed by atoms with Gasteiger partial charge in [0.15, 0.2) is 0 Å². The van der Waals surface area contributed by atoms with Crippen LogP contribution in [0.25, 0.3) is 0 Å². The Bertz CT molecular complexity index is 527. The van der Waals surface area contributed by atoms with Crippen LogP contribution in [0.3, 0.4) is 0 Å². The molecule has 5 nitrogen and oxygen atoms in total. The molecule has 1 aliphatic heterocycles. The minimum atomic E-state index is -0.915. The molecule has 1 aromatic rings. The van der Waals surface area contributed by atoms with E-state index in [9.17, 15) is 14.7 Å². The van der Waals surface area contributed by atoms with Crippen LogP contribution in [0.1, 0.15) is 43.0 Å². The van der Waals surface area contributed by atoms with Crippen molar-refractivity contribution in [2.75, 3.05) is 25.0 Å². The number of amides is 1. The maximum absolute atomic E-state index is 12.5. The maximum Gasteiger partial charge on any atom is 0.326 e. The van der Waals surface area contributed by atoms with Crippen LogP contribution in [0.4, 0.5) is 5.69 Å². The topological polar surface area (TPSA) is 60.9 Å². The number of nitrogens with zero attached hydrogens (tertiary/aromatic N) is 2. The number of unbranched alkanes of at least 4 members (excludes halogenated alkanes) is 1. The van der Waals surface area contributed by atoms with E-state index in [4.69, 9.17) is 0 Å². The first-order chi connectivity index (χ1) is 10.5. The van der Waals surface area contributed by atoms with E-state index in [0.29, 0.717) is 18.5 Å². The lowest BCUT2D eigenvalue weighted by Crippen LogP contribution is -2.40. The van der Waals surface area contributed by atoms with Crippen molar-refractivity contribution in [1.82, 2.24) is 4.90 Å². The molecule has 0 radical (unpaired) electrons. The molecule has 120 valence electrons. The quantitative estimate of drug-likeness (QED) is 0.877. The fourth-order valence-corrected chi connectivity index (χ4v) is 2.82. The van der Waals surface area contributed by atoms with Gasteiger partial charge in [-0.1, -0.05) is 13.3 Å². The van der Waals surface area contributed by atoms with Crippen molar-refractivity contribution in [3.8, 4) is 0 Å². The second-order valence-electron chi connectivity index (χ2n) is 5.82. The number of carboxylic acid groups (broad SMARTS) is 1. The van der Waals surface area contributed by atoms with Crippen LogP contribution in [0.5, 0.6) is 0 Å². The predicted octanol–water partition coefficient (Wildman–Crippen LogP) is 2.61. The summed E-state index contributed by atoms with van der Waals surface area (Å²) in [4.78, 5) is 27.3. The van der Waals surface area contributed by atoms with Gasteiger partial charge in [0.1, 0.15) is 6.04 Å². The molecule has 0 unspecified atom stereocenters. The Morgan fingerprint density at radius 3 is 2.59 bits per heavy atom. The molecule has 1 fully saturated rings. The zero-order valence-corrected chi connectivity index (χ0v) is 13.3. The highest BCUT2D eigenvalue weighted by molar-refractivity contribution is 5.97. The zero-order valence-electron chi connectivity index (χ0n) is 13.3. The average molecular weight is 304 g/mol. The normalized spacial score (nSPS) is 17.5. The molecule has 1 N–H and O–H groups in total. The van der Waals surface area contributed by atoms with Gasteiger partial charge in [0, 0.05) is 31.4 Å². The summed E-state index contributed by atoms with van der Waals surface area (Å²) in [6.07, 6.45) is 3.57. The summed E-state index contributed by atoms with van der Waals surface area (Å²) in [5.74, 6) is -1.10. The third-order valence-electron chi connectivity index (χ3n) is 4.20. The smallest absolute Gasteiger partial charge is 0.326 e. The molecule has 0 spiro atoms. The Kier molecular flexibility index (Phi) is 5.41. The van der Waals surface area contributed by atoms with Crippen LogP contribution in [0.2, 0.25) is 0 Å². The monoisotopic (exact) mass is 304 g/mol. The number of hydrogen-bond donors (Lipinski definition) is 1. The molecular formula is C17H24N2O3. The molecule has 1 aromatic carbocycles. The van der Waals surface area contributed by atoms with Crippen molar-refractivity contribution in [1.29, 1.82) is 0 Å². The number of likely N-dealkylation sites (tertiary alicyclic amines) is 1. The summed E-state index contributed by atoms with van der Waals surface area (Å²) in [5.41, 5.74) is 1.63. The molecule has 0 aliphatic carbocycles. The number of anilines is 1. The van der Waals surface area contributed by atoms with Crippen LogP contribution < -0.4 is 4.90 Å². The van der Waals surface area contributed by atoms with E-state index >= 15 is 0 Å². The number of benzene rings is 1. The van der Waals surface area contributed by atoms with Crippen molar-refractivity contribution in [2.45, 2.75) is 38.6 Å². The van der Waals surface area contributed by atoms with Crippen LogP contribution in [0, 0.1) is 0 Å². The van der Waals surface area contributed by atoms with Crippen molar-refractivity contribution in [2.24, 2.45) is 0 Å².